The van der Waals surface area contributed by atoms with E-state index in [0.29, 0.717) is 13.0 Å². The van der Waals surface area contributed by atoms with Crippen LogP contribution < -0.4 is 10.6 Å². The first-order valence-electron chi connectivity index (χ1n) is 12.8. The summed E-state index contributed by atoms with van der Waals surface area (Å²) in [5.74, 6) is -0.604. The van der Waals surface area contributed by atoms with Crippen LogP contribution in [0.4, 0.5) is 4.39 Å². The second kappa shape index (κ2) is 10.3. The van der Waals surface area contributed by atoms with Crippen LogP contribution in [-0.4, -0.2) is 29.1 Å². The molecule has 1 unspecified atom stereocenters. The molecule has 2 saturated carbocycles. The van der Waals surface area contributed by atoms with Gasteiger partial charge in [-0.1, -0.05) is 53.7 Å². The van der Waals surface area contributed by atoms with Gasteiger partial charge in [-0.2, -0.15) is 0 Å². The fraction of sp³-hybridized carbons (Fsp3) is 0.714. The van der Waals surface area contributed by atoms with E-state index in [1.54, 1.807) is 12.1 Å². The van der Waals surface area contributed by atoms with Crippen molar-refractivity contribution < 1.29 is 19.1 Å². The Morgan fingerprint density at radius 2 is 1.79 bits per heavy atom. The minimum absolute atomic E-state index is 0.0187. The Balaban J connectivity index is 1.65. The zero-order valence-corrected chi connectivity index (χ0v) is 21.7. The van der Waals surface area contributed by atoms with Crippen molar-refractivity contribution in [2.45, 2.75) is 92.3 Å². The zero-order valence-electron chi connectivity index (χ0n) is 21.7. The van der Waals surface area contributed by atoms with E-state index in [1.807, 2.05) is 6.92 Å². The molecule has 190 valence electrons. The lowest BCUT2D eigenvalue weighted by atomic mass is 9.51. The summed E-state index contributed by atoms with van der Waals surface area (Å²) < 4.78 is 13.1. The van der Waals surface area contributed by atoms with Gasteiger partial charge in [0.15, 0.2) is 0 Å². The number of halogens is 1. The molecule has 1 aromatic carbocycles. The smallest absolute Gasteiger partial charge is 0.223 e. The van der Waals surface area contributed by atoms with Gasteiger partial charge >= 0.3 is 0 Å². The van der Waals surface area contributed by atoms with Crippen LogP contribution in [0.15, 0.2) is 24.3 Å². The number of amides is 2. The highest BCUT2D eigenvalue weighted by molar-refractivity contribution is 5.78. The minimum Gasteiger partial charge on any atom is -0.392 e. The quantitative estimate of drug-likeness (QED) is 0.553. The molecule has 7 atom stereocenters. The van der Waals surface area contributed by atoms with Crippen LogP contribution in [-0.2, 0) is 16.1 Å². The van der Waals surface area contributed by atoms with Crippen LogP contribution in [0.2, 0.25) is 0 Å². The molecular weight excluding hydrogens is 431 g/mol. The van der Waals surface area contributed by atoms with Crippen LogP contribution in [0.5, 0.6) is 0 Å². The lowest BCUT2D eigenvalue weighted by Crippen LogP contribution is -2.58. The van der Waals surface area contributed by atoms with Gasteiger partial charge in [0.1, 0.15) is 5.82 Å². The Hall–Kier alpha value is -1.95. The second-order valence-corrected chi connectivity index (χ2v) is 12.3. The van der Waals surface area contributed by atoms with Gasteiger partial charge < -0.3 is 15.7 Å². The third-order valence-electron chi connectivity index (χ3n) is 8.36. The first-order valence-corrected chi connectivity index (χ1v) is 12.8. The molecule has 0 radical (unpaired) electrons. The fourth-order valence-corrected chi connectivity index (χ4v) is 6.38. The van der Waals surface area contributed by atoms with E-state index in [9.17, 15) is 19.1 Å². The Labute approximate surface area is 204 Å². The predicted molar refractivity (Wildman–Crippen MR) is 132 cm³/mol. The number of carbonyl (C=O) groups excluding carboxylic acids is 2. The molecule has 0 spiro atoms. The average molecular weight is 475 g/mol. The first kappa shape index (κ1) is 26.7. The van der Waals surface area contributed by atoms with Crippen molar-refractivity contribution in [2.75, 3.05) is 0 Å². The second-order valence-electron chi connectivity index (χ2n) is 12.3. The number of nitrogens with one attached hydrogen (secondary N) is 2. The van der Waals surface area contributed by atoms with E-state index in [-0.39, 0.29) is 58.2 Å². The zero-order chi connectivity index (χ0) is 25.3. The van der Waals surface area contributed by atoms with Crippen molar-refractivity contribution in [2.24, 2.45) is 34.5 Å². The van der Waals surface area contributed by atoms with E-state index < -0.39 is 6.10 Å². The van der Waals surface area contributed by atoms with E-state index in [2.05, 4.69) is 45.3 Å². The molecule has 34 heavy (non-hydrogen) atoms. The highest BCUT2D eigenvalue weighted by atomic mass is 19.1. The van der Waals surface area contributed by atoms with Gasteiger partial charge in [0.25, 0.3) is 0 Å². The summed E-state index contributed by atoms with van der Waals surface area (Å²) in [6.45, 7) is 12.8. The molecular formula is C28H43FN2O3. The summed E-state index contributed by atoms with van der Waals surface area (Å²) in [5, 5.41) is 17.7. The van der Waals surface area contributed by atoms with Gasteiger partial charge in [-0.15, -0.1) is 0 Å². The van der Waals surface area contributed by atoms with Crippen LogP contribution in [0.3, 0.4) is 0 Å². The molecule has 0 saturated heterocycles. The highest BCUT2D eigenvalue weighted by Crippen LogP contribution is 2.55. The number of aliphatic hydroxyl groups excluding tert-OH is 1. The SMILES string of the molecule is C[C@H]1[C@@H]2[C@@H](O)C([C@H](C)C(=O)NCc3ccc(F)cc3)CC[C@@]2(C)CC[C@@H]1NC(=O)CC(C)(C)C. The van der Waals surface area contributed by atoms with Crippen molar-refractivity contribution >= 4 is 11.8 Å². The number of aliphatic hydroxyl groups is 1. The third-order valence-corrected chi connectivity index (χ3v) is 8.36. The maximum atomic E-state index is 13.1. The van der Waals surface area contributed by atoms with Crippen molar-refractivity contribution in [1.29, 1.82) is 0 Å². The van der Waals surface area contributed by atoms with Crippen molar-refractivity contribution in [3.63, 3.8) is 0 Å². The highest BCUT2D eigenvalue weighted by Gasteiger charge is 2.53. The van der Waals surface area contributed by atoms with Crippen molar-refractivity contribution in [3.05, 3.63) is 35.6 Å². The van der Waals surface area contributed by atoms with Gasteiger partial charge in [0.05, 0.1) is 6.10 Å². The molecule has 1 aromatic rings. The third kappa shape index (κ3) is 6.18. The summed E-state index contributed by atoms with van der Waals surface area (Å²) in [6.07, 6.45) is 3.57. The van der Waals surface area contributed by atoms with Gasteiger partial charge in [-0.25, -0.2) is 4.39 Å². The van der Waals surface area contributed by atoms with Crippen LogP contribution in [0.25, 0.3) is 0 Å². The standard InChI is InChI=1S/C28H43FN2O3/c1-17(26(34)30-16-19-7-9-20(29)10-8-19)21-11-13-28(6)14-12-22(18(2)24(28)25(21)33)31-23(32)15-27(3,4)5/h7-10,17-18,21-22,24-25,33H,11-16H2,1-6H3,(H,30,34)(H,31,32)/t17-,18+,21?,22-,24+,25-,28-/m0/s1. The van der Waals surface area contributed by atoms with E-state index in [1.165, 1.54) is 12.1 Å². The summed E-state index contributed by atoms with van der Waals surface area (Å²) in [5.41, 5.74) is 0.793. The van der Waals surface area contributed by atoms with Crippen molar-refractivity contribution in [3.8, 4) is 0 Å². The molecule has 2 fully saturated rings. The van der Waals surface area contributed by atoms with E-state index in [0.717, 1.165) is 31.2 Å². The summed E-state index contributed by atoms with van der Waals surface area (Å²) in [4.78, 5) is 25.6. The predicted octanol–water partition coefficient (Wildman–Crippen LogP) is 4.82. The number of rotatable bonds is 6. The van der Waals surface area contributed by atoms with Gasteiger partial charge in [-0.05, 0) is 72.0 Å². The molecule has 5 nitrogen and oxygen atoms in total. The maximum absolute atomic E-state index is 13.1. The normalized spacial score (nSPS) is 32.4. The maximum Gasteiger partial charge on any atom is 0.223 e. The topological polar surface area (TPSA) is 78.4 Å². The summed E-state index contributed by atoms with van der Waals surface area (Å²) >= 11 is 0. The van der Waals surface area contributed by atoms with Crippen LogP contribution >= 0.6 is 0 Å². The van der Waals surface area contributed by atoms with E-state index in [4.69, 9.17) is 0 Å². The molecule has 0 aromatic heterocycles. The Morgan fingerprint density at radius 3 is 2.41 bits per heavy atom. The Kier molecular flexibility index (Phi) is 8.11. The Morgan fingerprint density at radius 1 is 1.18 bits per heavy atom. The molecule has 0 heterocycles. The monoisotopic (exact) mass is 474 g/mol. The number of fused-ring (bicyclic) bond motifs is 1. The molecule has 3 rings (SSSR count). The largest absolute Gasteiger partial charge is 0.392 e. The molecule has 6 heteroatoms. The first-order chi connectivity index (χ1) is 15.8. The van der Waals surface area contributed by atoms with Gasteiger partial charge in [-0.3, -0.25) is 9.59 Å². The lowest BCUT2D eigenvalue weighted by molar-refractivity contribution is -0.144. The molecule has 0 bridgehead atoms. The number of hydrogen-bond donors (Lipinski definition) is 3. The number of carbonyl (C=O) groups is 2. The molecule has 2 aliphatic rings. The lowest BCUT2D eigenvalue weighted by Gasteiger charge is -2.56. The van der Waals surface area contributed by atoms with E-state index >= 15 is 0 Å². The Bertz CT molecular complexity index is 865. The molecule has 0 aliphatic heterocycles. The van der Waals surface area contributed by atoms with Crippen molar-refractivity contribution in [1.82, 2.24) is 10.6 Å². The number of benzene rings is 1. The fourth-order valence-electron chi connectivity index (χ4n) is 6.38. The minimum atomic E-state index is -0.595. The van der Waals surface area contributed by atoms with Gasteiger partial charge in [0.2, 0.25) is 11.8 Å². The summed E-state index contributed by atoms with van der Waals surface area (Å²) in [6, 6.07) is 6.15. The average Bonchev–Trinajstić information content (AvgIpc) is 2.73. The molecule has 3 N–H and O–H groups in total. The van der Waals surface area contributed by atoms with Crippen LogP contribution in [0, 0.1) is 40.3 Å². The molecule has 2 amide bonds. The van der Waals surface area contributed by atoms with Crippen LogP contribution in [0.1, 0.15) is 79.2 Å². The number of hydrogen-bond acceptors (Lipinski definition) is 3. The van der Waals surface area contributed by atoms with Gasteiger partial charge in [0, 0.05) is 24.9 Å². The summed E-state index contributed by atoms with van der Waals surface area (Å²) in [7, 11) is 0. The molecule has 2 aliphatic carbocycles.